The van der Waals surface area contributed by atoms with Gasteiger partial charge in [0.25, 0.3) is 0 Å². The zero-order valence-electron chi connectivity index (χ0n) is 7.20. The van der Waals surface area contributed by atoms with Crippen LogP contribution >= 0.6 is 0 Å². The third kappa shape index (κ3) is 2.34. The predicted molar refractivity (Wildman–Crippen MR) is 48.6 cm³/mol. The molecule has 0 amide bonds. The van der Waals surface area contributed by atoms with Crippen molar-refractivity contribution in [3.63, 3.8) is 0 Å². The van der Waals surface area contributed by atoms with Gasteiger partial charge in [-0.3, -0.25) is 0 Å². The van der Waals surface area contributed by atoms with Crippen LogP contribution in [0.2, 0.25) is 0 Å². The first-order valence-electron chi connectivity index (χ1n) is 4.01. The second kappa shape index (κ2) is 4.49. The zero-order chi connectivity index (χ0) is 8.81. The largest absolute Gasteiger partial charge is 0.305 e. The summed E-state index contributed by atoms with van der Waals surface area (Å²) in [7, 11) is 0. The molecule has 0 saturated heterocycles. The van der Waals surface area contributed by atoms with Crippen molar-refractivity contribution in [2.24, 2.45) is 16.2 Å². The minimum Gasteiger partial charge on any atom is -0.305 e. The van der Waals surface area contributed by atoms with E-state index >= 15 is 0 Å². The molecule has 0 heterocycles. The lowest BCUT2D eigenvalue weighted by Gasteiger charge is -1.98. The summed E-state index contributed by atoms with van der Waals surface area (Å²) >= 11 is 0. The molecular formula is C9H13N3. The molecule has 0 aromatic heterocycles. The van der Waals surface area contributed by atoms with Crippen molar-refractivity contribution < 1.29 is 0 Å². The fourth-order valence-electron chi connectivity index (χ4n) is 1.07. The molecule has 1 aromatic carbocycles. The number of nitrogens with two attached hydrogens (primary N) is 1. The Hall–Kier alpha value is -1.38. The minimum absolute atomic E-state index is 0.574. The summed E-state index contributed by atoms with van der Waals surface area (Å²) in [5, 5.41) is 6.93. The summed E-state index contributed by atoms with van der Waals surface area (Å²) in [6, 6.07) is 8.27. The van der Waals surface area contributed by atoms with Gasteiger partial charge in [-0.05, 0) is 17.5 Å². The molecule has 0 aliphatic heterocycles. The number of hydrogen-bond acceptors (Lipinski definition) is 2. The fraction of sp³-hybridized carbons (Fsp3) is 0.333. The average Bonchev–Trinajstić information content (AvgIpc) is 2.15. The Morgan fingerprint density at radius 2 is 2.08 bits per heavy atom. The van der Waals surface area contributed by atoms with Gasteiger partial charge >= 0.3 is 0 Å². The summed E-state index contributed by atoms with van der Waals surface area (Å²) in [6.45, 7) is 2.70. The summed E-state index contributed by atoms with van der Waals surface area (Å²) in [4.78, 5) is 0. The third-order valence-electron chi connectivity index (χ3n) is 1.73. The monoisotopic (exact) mass is 163 g/mol. The van der Waals surface area contributed by atoms with Gasteiger partial charge in [0.05, 0.1) is 6.54 Å². The molecule has 0 spiro atoms. The van der Waals surface area contributed by atoms with E-state index in [9.17, 15) is 0 Å². The lowest BCUT2D eigenvalue weighted by Crippen LogP contribution is -1.86. The van der Waals surface area contributed by atoms with Crippen LogP contribution in [0.4, 0.5) is 0 Å². The Kier molecular flexibility index (Phi) is 3.26. The van der Waals surface area contributed by atoms with E-state index in [2.05, 4.69) is 29.4 Å². The predicted octanol–water partition coefficient (Wildman–Crippen LogP) is 2.07. The van der Waals surface area contributed by atoms with Crippen molar-refractivity contribution in [3.05, 3.63) is 35.4 Å². The van der Waals surface area contributed by atoms with Crippen molar-refractivity contribution in [1.82, 2.24) is 0 Å². The smallest absolute Gasteiger partial charge is 0.0870 e. The van der Waals surface area contributed by atoms with Crippen LogP contribution in [-0.2, 0) is 13.0 Å². The summed E-state index contributed by atoms with van der Waals surface area (Å²) in [5.74, 6) is 4.91. The molecule has 64 valence electrons. The maximum atomic E-state index is 4.91. The highest BCUT2D eigenvalue weighted by molar-refractivity contribution is 5.23. The minimum atomic E-state index is 0.574. The molecule has 3 nitrogen and oxygen atoms in total. The van der Waals surface area contributed by atoms with Gasteiger partial charge < -0.3 is 5.84 Å². The quantitative estimate of drug-likeness (QED) is 0.414. The fourth-order valence-corrected chi connectivity index (χ4v) is 1.07. The van der Waals surface area contributed by atoms with E-state index in [0.29, 0.717) is 6.54 Å². The molecule has 12 heavy (non-hydrogen) atoms. The van der Waals surface area contributed by atoms with Crippen molar-refractivity contribution in [2.75, 3.05) is 0 Å². The van der Waals surface area contributed by atoms with Crippen LogP contribution in [0.5, 0.6) is 0 Å². The first-order chi connectivity index (χ1) is 5.86. The first kappa shape index (κ1) is 8.71. The van der Waals surface area contributed by atoms with E-state index in [1.165, 1.54) is 5.56 Å². The summed E-state index contributed by atoms with van der Waals surface area (Å²) in [6.07, 6.45) is 1.05. The number of hydrogen-bond donors (Lipinski definition) is 1. The number of aryl methyl sites for hydroxylation is 1. The lowest BCUT2D eigenvalue weighted by atomic mass is 10.1. The maximum Gasteiger partial charge on any atom is 0.0870 e. The molecule has 0 fully saturated rings. The number of rotatable bonds is 3. The normalized spacial score (nSPS) is 10.8. The maximum absolute atomic E-state index is 4.91. The Morgan fingerprint density at radius 3 is 2.75 bits per heavy atom. The second-order valence-electron chi connectivity index (χ2n) is 2.59. The van der Waals surface area contributed by atoms with Crippen LogP contribution in [0.1, 0.15) is 18.1 Å². The van der Waals surface area contributed by atoms with Gasteiger partial charge in [-0.2, -0.15) is 5.11 Å². The molecule has 0 atom stereocenters. The van der Waals surface area contributed by atoms with E-state index in [1.54, 1.807) is 0 Å². The van der Waals surface area contributed by atoms with Crippen LogP contribution in [-0.4, -0.2) is 0 Å². The highest BCUT2D eigenvalue weighted by Crippen LogP contribution is 2.06. The first-order valence-corrected chi connectivity index (χ1v) is 4.01. The topological polar surface area (TPSA) is 50.7 Å². The SMILES string of the molecule is CCc1cccc(CN=NN)c1. The Bertz CT molecular complexity index is 268. The van der Waals surface area contributed by atoms with Gasteiger partial charge in [0.2, 0.25) is 0 Å². The van der Waals surface area contributed by atoms with Crippen molar-refractivity contribution in [2.45, 2.75) is 19.9 Å². The molecule has 0 aliphatic carbocycles. The Labute approximate surface area is 72.3 Å². The molecular weight excluding hydrogens is 150 g/mol. The van der Waals surface area contributed by atoms with Crippen LogP contribution in [0.15, 0.2) is 34.6 Å². The second-order valence-corrected chi connectivity index (χ2v) is 2.59. The van der Waals surface area contributed by atoms with Crippen molar-refractivity contribution in [1.29, 1.82) is 0 Å². The molecule has 0 aliphatic rings. The molecule has 1 aromatic rings. The van der Waals surface area contributed by atoms with Gasteiger partial charge in [0.15, 0.2) is 0 Å². The van der Waals surface area contributed by atoms with E-state index in [-0.39, 0.29) is 0 Å². The van der Waals surface area contributed by atoms with E-state index in [0.717, 1.165) is 12.0 Å². The van der Waals surface area contributed by atoms with E-state index < -0.39 is 0 Å². The lowest BCUT2D eigenvalue weighted by molar-refractivity contribution is 0.890. The van der Waals surface area contributed by atoms with Gasteiger partial charge in [-0.1, -0.05) is 36.4 Å². The Balaban J connectivity index is 2.72. The highest BCUT2D eigenvalue weighted by atomic mass is 15.3. The van der Waals surface area contributed by atoms with Crippen LogP contribution in [0.3, 0.4) is 0 Å². The molecule has 3 heteroatoms. The molecule has 2 N–H and O–H groups in total. The van der Waals surface area contributed by atoms with Gasteiger partial charge in [-0.15, -0.1) is 0 Å². The van der Waals surface area contributed by atoms with Gasteiger partial charge in [-0.25, -0.2) is 0 Å². The summed E-state index contributed by atoms with van der Waals surface area (Å²) in [5.41, 5.74) is 2.48. The Morgan fingerprint density at radius 1 is 1.33 bits per heavy atom. The molecule has 0 radical (unpaired) electrons. The zero-order valence-corrected chi connectivity index (χ0v) is 7.20. The average molecular weight is 163 g/mol. The van der Waals surface area contributed by atoms with Crippen molar-refractivity contribution in [3.8, 4) is 0 Å². The van der Waals surface area contributed by atoms with Crippen LogP contribution in [0, 0.1) is 0 Å². The number of nitrogens with zero attached hydrogens (tertiary/aromatic N) is 2. The van der Waals surface area contributed by atoms with Crippen LogP contribution in [0.25, 0.3) is 0 Å². The molecule has 1 rings (SSSR count). The van der Waals surface area contributed by atoms with Crippen LogP contribution < -0.4 is 5.84 Å². The number of benzene rings is 1. The van der Waals surface area contributed by atoms with E-state index in [4.69, 9.17) is 5.84 Å². The van der Waals surface area contributed by atoms with Crippen molar-refractivity contribution >= 4 is 0 Å². The standard InChI is InChI=1S/C9H13N3/c1-2-8-4-3-5-9(6-8)7-11-12-10/h3-6H,2,7H2,1H3,(H2,10,11). The molecule has 0 saturated carbocycles. The summed E-state index contributed by atoms with van der Waals surface area (Å²) < 4.78 is 0. The van der Waals surface area contributed by atoms with E-state index in [1.807, 2.05) is 12.1 Å². The molecule has 0 bridgehead atoms. The van der Waals surface area contributed by atoms with Gasteiger partial charge in [0.1, 0.15) is 0 Å². The highest BCUT2D eigenvalue weighted by Gasteiger charge is 1.92. The molecule has 0 unspecified atom stereocenters. The third-order valence-corrected chi connectivity index (χ3v) is 1.73. The van der Waals surface area contributed by atoms with Gasteiger partial charge in [0, 0.05) is 0 Å².